The molecule has 0 amide bonds. The summed E-state index contributed by atoms with van der Waals surface area (Å²) < 4.78 is 4.66. The number of halogens is 1. The van der Waals surface area contributed by atoms with Crippen molar-refractivity contribution in [2.24, 2.45) is 0 Å². The van der Waals surface area contributed by atoms with E-state index in [2.05, 4.69) is 97.9 Å². The van der Waals surface area contributed by atoms with Crippen LogP contribution in [0, 0.1) is 0 Å². The van der Waals surface area contributed by atoms with Gasteiger partial charge in [0.25, 0.3) is 0 Å². The first-order chi connectivity index (χ1) is 11.4. The van der Waals surface area contributed by atoms with E-state index in [1.54, 1.807) is 13.1 Å². The molecule has 0 aliphatic heterocycles. The molecular formula is C22H24AsI. The normalized spacial score (nSPS) is 10.9. The molecule has 2 heteroatoms. The summed E-state index contributed by atoms with van der Waals surface area (Å²) in [7, 11) is 0. The molecule has 0 saturated heterocycles. The van der Waals surface area contributed by atoms with E-state index in [9.17, 15) is 0 Å². The fourth-order valence-electron chi connectivity index (χ4n) is 3.28. The molecule has 0 nitrogen and oxygen atoms in total. The minimum atomic E-state index is -2.39. The Balaban J connectivity index is 0.00000208. The van der Waals surface area contributed by atoms with Crippen LogP contribution in [-0.4, -0.2) is 13.6 Å². The molecule has 0 radical (unpaired) electrons. The smallest absolute Gasteiger partial charge is 1.00 e. The first kappa shape index (κ1) is 19.3. The Morgan fingerprint density at radius 3 is 1.21 bits per heavy atom. The average molecular weight is 490 g/mol. The molecule has 0 N–H and O–H groups in total. The van der Waals surface area contributed by atoms with Crippen molar-refractivity contribution in [2.75, 3.05) is 0 Å². The molecule has 3 aromatic carbocycles. The van der Waals surface area contributed by atoms with E-state index in [0.29, 0.717) is 0 Å². The first-order valence-electron chi connectivity index (χ1n) is 8.43. The van der Waals surface area contributed by atoms with Crippen LogP contribution < -0.4 is 37.0 Å². The quantitative estimate of drug-likeness (QED) is 0.357. The minimum Gasteiger partial charge on any atom is -1.00 e. The molecule has 0 aromatic heterocycles. The van der Waals surface area contributed by atoms with Gasteiger partial charge < -0.3 is 24.0 Å². The van der Waals surface area contributed by atoms with Gasteiger partial charge in [-0.1, -0.05) is 0 Å². The molecule has 124 valence electrons. The van der Waals surface area contributed by atoms with E-state index in [1.807, 2.05) is 0 Å². The summed E-state index contributed by atoms with van der Waals surface area (Å²) in [5.74, 6) is 0. The van der Waals surface area contributed by atoms with Gasteiger partial charge in [-0.15, -0.1) is 0 Å². The van der Waals surface area contributed by atoms with Crippen molar-refractivity contribution in [3.8, 4) is 0 Å². The van der Waals surface area contributed by atoms with Crippen molar-refractivity contribution < 1.29 is 24.0 Å². The fraction of sp³-hybridized carbons (Fsp3) is 0.182. The Kier molecular flexibility index (Phi) is 7.58. The predicted octanol–water partition coefficient (Wildman–Crippen LogP) is 0.961. The van der Waals surface area contributed by atoms with Crippen LogP contribution in [0.1, 0.15) is 19.8 Å². The van der Waals surface area contributed by atoms with Crippen molar-refractivity contribution in [3.63, 3.8) is 0 Å². The van der Waals surface area contributed by atoms with E-state index in [0.717, 1.165) is 0 Å². The molecule has 0 unspecified atom stereocenters. The van der Waals surface area contributed by atoms with E-state index in [4.69, 9.17) is 0 Å². The monoisotopic (exact) mass is 490 g/mol. The van der Waals surface area contributed by atoms with E-state index in [-0.39, 0.29) is 24.0 Å². The summed E-state index contributed by atoms with van der Waals surface area (Å²) in [5, 5.41) is 1.30. The van der Waals surface area contributed by atoms with Gasteiger partial charge in [-0.05, 0) is 0 Å². The SMILES string of the molecule is CCCC[As+](c1ccccc1)(c1ccccc1)c1ccccc1.[I-]. The van der Waals surface area contributed by atoms with Crippen LogP contribution in [0.25, 0.3) is 0 Å². The van der Waals surface area contributed by atoms with Gasteiger partial charge in [0.15, 0.2) is 0 Å². The maximum Gasteiger partial charge on any atom is -1.00 e. The molecule has 0 fully saturated rings. The van der Waals surface area contributed by atoms with Crippen molar-refractivity contribution in [3.05, 3.63) is 91.0 Å². The van der Waals surface area contributed by atoms with Gasteiger partial charge in [0.1, 0.15) is 0 Å². The third-order valence-corrected chi connectivity index (χ3v) is 13.9. The van der Waals surface area contributed by atoms with Crippen LogP contribution in [0.4, 0.5) is 0 Å². The summed E-state index contributed by atoms with van der Waals surface area (Å²) in [6, 6.07) is 33.7. The van der Waals surface area contributed by atoms with Crippen molar-refractivity contribution in [1.29, 1.82) is 0 Å². The summed E-state index contributed by atoms with van der Waals surface area (Å²) in [6.45, 7) is 2.30. The molecule has 3 rings (SSSR count). The largest absolute Gasteiger partial charge is 1.00 e. The average Bonchev–Trinajstić information content (AvgIpc) is 2.65. The molecule has 0 saturated carbocycles. The van der Waals surface area contributed by atoms with Crippen LogP contribution in [0.3, 0.4) is 0 Å². The molecule has 0 aliphatic rings. The van der Waals surface area contributed by atoms with Gasteiger partial charge in [0.05, 0.1) is 0 Å². The minimum absolute atomic E-state index is 0. The maximum atomic E-state index is 2.35. The van der Waals surface area contributed by atoms with E-state index >= 15 is 0 Å². The van der Waals surface area contributed by atoms with Gasteiger partial charge in [-0.25, -0.2) is 0 Å². The molecule has 24 heavy (non-hydrogen) atoms. The van der Waals surface area contributed by atoms with Crippen LogP contribution in [0.15, 0.2) is 91.0 Å². The third kappa shape index (κ3) is 3.95. The van der Waals surface area contributed by atoms with Crippen molar-refractivity contribution in [2.45, 2.75) is 25.0 Å². The molecule has 0 spiro atoms. The van der Waals surface area contributed by atoms with Gasteiger partial charge in [0.2, 0.25) is 0 Å². The Labute approximate surface area is 165 Å². The fourth-order valence-corrected chi connectivity index (χ4v) is 12.7. The molecule has 0 heterocycles. The number of rotatable bonds is 6. The Bertz CT molecular complexity index is 614. The van der Waals surface area contributed by atoms with Crippen molar-refractivity contribution in [1.82, 2.24) is 0 Å². The van der Waals surface area contributed by atoms with Crippen LogP contribution in [0.2, 0.25) is 5.21 Å². The van der Waals surface area contributed by atoms with Crippen LogP contribution >= 0.6 is 0 Å². The molecule has 3 aromatic rings. The van der Waals surface area contributed by atoms with Gasteiger partial charge in [-0.3, -0.25) is 0 Å². The summed E-state index contributed by atoms with van der Waals surface area (Å²) in [5.41, 5.74) is 0. The number of hydrogen-bond donors (Lipinski definition) is 0. The third-order valence-electron chi connectivity index (χ3n) is 4.44. The van der Waals surface area contributed by atoms with Crippen molar-refractivity contribution >= 4 is 26.6 Å². The predicted molar refractivity (Wildman–Crippen MR) is 104 cm³/mol. The zero-order valence-corrected chi connectivity index (χ0v) is 18.1. The summed E-state index contributed by atoms with van der Waals surface area (Å²) in [6.07, 6.45) is 2.53. The second kappa shape index (κ2) is 9.44. The second-order valence-corrected chi connectivity index (χ2v) is 13.5. The van der Waals surface area contributed by atoms with Gasteiger partial charge in [0, 0.05) is 0 Å². The second-order valence-electron chi connectivity index (χ2n) is 5.89. The summed E-state index contributed by atoms with van der Waals surface area (Å²) >= 11 is -2.39. The van der Waals surface area contributed by atoms with E-state index in [1.165, 1.54) is 18.1 Å². The first-order valence-corrected chi connectivity index (χ1v) is 12.6. The molecular weight excluding hydrogens is 466 g/mol. The molecule has 0 atom stereocenters. The number of hydrogen-bond acceptors (Lipinski definition) is 0. The maximum absolute atomic E-state index is 2.39. The van der Waals surface area contributed by atoms with E-state index < -0.39 is 13.6 Å². The standard InChI is InChI=1S/C22H24As.HI/c1-2-3-19-23(20-13-7-4-8-14-20,21-15-9-5-10-16-21)22-17-11-6-12-18-22;/h4-18H,2-3,19H2,1H3;1H/q+1;/p-1. The summed E-state index contributed by atoms with van der Waals surface area (Å²) in [4.78, 5) is 0. The number of benzene rings is 3. The number of unbranched alkanes of at least 4 members (excludes halogenated alkanes) is 1. The van der Waals surface area contributed by atoms with Gasteiger partial charge in [-0.2, -0.15) is 0 Å². The topological polar surface area (TPSA) is 0 Å². The molecule has 0 aliphatic carbocycles. The zero-order chi connectivity index (χ0) is 16.0. The molecule has 0 bridgehead atoms. The van der Waals surface area contributed by atoms with Crippen LogP contribution in [-0.2, 0) is 0 Å². The Hall–Kier alpha value is -1.05. The zero-order valence-electron chi connectivity index (χ0n) is 14.1. The Morgan fingerprint density at radius 2 is 0.917 bits per heavy atom. The Morgan fingerprint density at radius 1 is 0.583 bits per heavy atom. The van der Waals surface area contributed by atoms with Gasteiger partial charge >= 0.3 is 143 Å². The van der Waals surface area contributed by atoms with Crippen LogP contribution in [0.5, 0.6) is 0 Å².